The Morgan fingerprint density at radius 1 is 1.44 bits per heavy atom. The van der Waals surface area contributed by atoms with Crippen molar-refractivity contribution in [3.63, 3.8) is 0 Å². The van der Waals surface area contributed by atoms with Gasteiger partial charge in [0.25, 0.3) is 0 Å². The van der Waals surface area contributed by atoms with E-state index in [1.807, 2.05) is 25.7 Å². The van der Waals surface area contributed by atoms with Crippen LogP contribution in [0.4, 0.5) is 4.79 Å². The first kappa shape index (κ1) is 14.8. The minimum atomic E-state index is -0.493. The summed E-state index contributed by atoms with van der Waals surface area (Å²) in [5.74, 6) is -0.255. The molecule has 1 fully saturated rings. The van der Waals surface area contributed by atoms with E-state index in [0.717, 1.165) is 6.54 Å². The Morgan fingerprint density at radius 2 is 2.06 bits per heavy atom. The topological polar surface area (TPSA) is 67.6 Å². The fourth-order valence-corrected chi connectivity index (χ4v) is 1.67. The van der Waals surface area contributed by atoms with Crippen LogP contribution in [0, 0.1) is 0 Å². The van der Waals surface area contributed by atoms with Gasteiger partial charge in [0.15, 0.2) is 0 Å². The summed E-state index contributed by atoms with van der Waals surface area (Å²) in [5, 5.41) is 2.69. The van der Waals surface area contributed by atoms with Gasteiger partial charge in [-0.25, -0.2) is 4.79 Å². The summed E-state index contributed by atoms with van der Waals surface area (Å²) in [5.41, 5.74) is -0.493. The lowest BCUT2D eigenvalue weighted by Gasteiger charge is -2.19. The molecule has 6 nitrogen and oxygen atoms in total. The summed E-state index contributed by atoms with van der Waals surface area (Å²) >= 11 is 0. The van der Waals surface area contributed by atoms with E-state index in [1.165, 1.54) is 7.11 Å². The van der Waals surface area contributed by atoms with Crippen molar-refractivity contribution in [3.8, 4) is 0 Å². The average molecular weight is 258 g/mol. The molecule has 0 saturated carbocycles. The Morgan fingerprint density at radius 3 is 2.56 bits per heavy atom. The van der Waals surface area contributed by atoms with Crippen molar-refractivity contribution in [1.82, 2.24) is 10.2 Å². The van der Waals surface area contributed by atoms with Crippen LogP contribution in [0.15, 0.2) is 0 Å². The molecule has 1 aliphatic rings. The molecule has 0 radical (unpaired) electrons. The van der Waals surface area contributed by atoms with Gasteiger partial charge in [-0.2, -0.15) is 0 Å². The van der Waals surface area contributed by atoms with Crippen LogP contribution in [-0.4, -0.2) is 54.8 Å². The van der Waals surface area contributed by atoms with Gasteiger partial charge in [-0.15, -0.1) is 0 Å². The SMILES string of the molecule is COC(=O)[C@@H](C)N1CC1CNC(=O)OC(C)(C)C. The maximum atomic E-state index is 11.4. The molecule has 6 heteroatoms. The first-order valence-corrected chi connectivity index (χ1v) is 6.05. The van der Waals surface area contributed by atoms with Crippen molar-refractivity contribution in [2.75, 3.05) is 20.2 Å². The number of alkyl carbamates (subject to hydrolysis) is 1. The summed E-state index contributed by atoms with van der Waals surface area (Å²) < 4.78 is 9.78. The molecule has 3 atom stereocenters. The van der Waals surface area contributed by atoms with Crippen LogP contribution in [0.1, 0.15) is 27.7 Å². The molecule has 1 heterocycles. The number of hydrogen-bond donors (Lipinski definition) is 1. The number of ether oxygens (including phenoxy) is 2. The molecule has 2 unspecified atom stereocenters. The Hall–Kier alpha value is -1.30. The van der Waals surface area contributed by atoms with E-state index in [9.17, 15) is 9.59 Å². The molecule has 0 bridgehead atoms. The van der Waals surface area contributed by atoms with Crippen molar-refractivity contribution in [1.29, 1.82) is 0 Å². The fraction of sp³-hybridized carbons (Fsp3) is 0.833. The molecular formula is C12H22N2O4. The molecule has 0 spiro atoms. The first-order valence-electron chi connectivity index (χ1n) is 6.05. The van der Waals surface area contributed by atoms with E-state index in [2.05, 4.69) is 10.1 Å². The van der Waals surface area contributed by atoms with Crippen molar-refractivity contribution >= 4 is 12.1 Å². The number of carbonyl (C=O) groups excluding carboxylic acids is 2. The van der Waals surface area contributed by atoms with Gasteiger partial charge in [0.05, 0.1) is 7.11 Å². The molecule has 1 amide bonds. The van der Waals surface area contributed by atoms with E-state index in [4.69, 9.17) is 4.74 Å². The summed E-state index contributed by atoms with van der Waals surface area (Å²) in [6.07, 6.45) is -0.430. The molecular weight excluding hydrogens is 236 g/mol. The third-order valence-electron chi connectivity index (χ3n) is 2.68. The van der Waals surface area contributed by atoms with Crippen LogP contribution in [-0.2, 0) is 14.3 Å². The highest BCUT2D eigenvalue weighted by molar-refractivity contribution is 5.75. The van der Waals surface area contributed by atoms with Crippen LogP contribution in [0.2, 0.25) is 0 Å². The van der Waals surface area contributed by atoms with Gasteiger partial charge in [0.2, 0.25) is 0 Å². The molecule has 18 heavy (non-hydrogen) atoms. The Labute approximate surface area is 108 Å². The number of nitrogens with one attached hydrogen (secondary N) is 1. The summed E-state index contributed by atoms with van der Waals surface area (Å²) in [4.78, 5) is 24.7. The van der Waals surface area contributed by atoms with Gasteiger partial charge in [-0.1, -0.05) is 0 Å². The van der Waals surface area contributed by atoms with E-state index < -0.39 is 11.7 Å². The lowest BCUT2D eigenvalue weighted by atomic mass is 10.2. The predicted octanol–water partition coefficient (Wildman–Crippen LogP) is 0.757. The van der Waals surface area contributed by atoms with Crippen LogP contribution >= 0.6 is 0 Å². The second-order valence-corrected chi connectivity index (χ2v) is 5.43. The minimum Gasteiger partial charge on any atom is -0.468 e. The van der Waals surface area contributed by atoms with Gasteiger partial charge in [0.1, 0.15) is 11.6 Å². The highest BCUT2D eigenvalue weighted by atomic mass is 16.6. The molecule has 0 aromatic carbocycles. The summed E-state index contributed by atoms with van der Waals surface area (Å²) in [6.45, 7) is 8.50. The van der Waals surface area contributed by atoms with Gasteiger partial charge in [0, 0.05) is 19.1 Å². The standard InChI is InChI=1S/C12H22N2O4/c1-8(10(15)17-5)14-7-9(14)6-13-11(16)18-12(2,3)4/h8-9H,6-7H2,1-5H3,(H,13,16)/t8-,9?,14?/m1/s1. The van der Waals surface area contributed by atoms with Crippen molar-refractivity contribution < 1.29 is 19.1 Å². The number of rotatable bonds is 4. The average Bonchev–Trinajstić information content (AvgIpc) is 3.01. The smallest absolute Gasteiger partial charge is 0.407 e. The molecule has 104 valence electrons. The fourth-order valence-electron chi connectivity index (χ4n) is 1.67. The maximum absolute atomic E-state index is 11.4. The van der Waals surface area contributed by atoms with E-state index >= 15 is 0 Å². The third kappa shape index (κ3) is 4.52. The quantitative estimate of drug-likeness (QED) is 0.595. The molecule has 0 aromatic heterocycles. The van der Waals surface area contributed by atoms with E-state index in [-0.39, 0.29) is 18.1 Å². The van der Waals surface area contributed by atoms with Crippen molar-refractivity contribution in [2.24, 2.45) is 0 Å². The first-order chi connectivity index (χ1) is 8.24. The number of esters is 1. The Kier molecular flexibility index (Phi) is 4.56. The van der Waals surface area contributed by atoms with Crippen LogP contribution in [0.5, 0.6) is 0 Å². The normalized spacial score (nSPS) is 24.1. The third-order valence-corrected chi connectivity index (χ3v) is 2.68. The van der Waals surface area contributed by atoms with Crippen LogP contribution < -0.4 is 5.32 Å². The molecule has 1 aliphatic heterocycles. The Bertz CT molecular complexity index is 325. The van der Waals surface area contributed by atoms with Gasteiger partial charge >= 0.3 is 12.1 Å². The second kappa shape index (κ2) is 5.56. The zero-order valence-electron chi connectivity index (χ0n) is 11.6. The zero-order chi connectivity index (χ0) is 13.9. The molecule has 1 saturated heterocycles. The molecule has 1 rings (SSSR count). The monoisotopic (exact) mass is 258 g/mol. The molecule has 0 aromatic rings. The predicted molar refractivity (Wildman–Crippen MR) is 66.2 cm³/mol. The van der Waals surface area contributed by atoms with Gasteiger partial charge < -0.3 is 14.8 Å². The number of amides is 1. The zero-order valence-corrected chi connectivity index (χ0v) is 11.6. The lowest BCUT2D eigenvalue weighted by Crippen LogP contribution is -2.36. The van der Waals surface area contributed by atoms with Crippen molar-refractivity contribution in [2.45, 2.75) is 45.4 Å². The maximum Gasteiger partial charge on any atom is 0.407 e. The molecule has 0 aliphatic carbocycles. The Balaban J connectivity index is 2.24. The largest absolute Gasteiger partial charge is 0.468 e. The lowest BCUT2D eigenvalue weighted by molar-refractivity contribution is -0.144. The summed E-state index contributed by atoms with van der Waals surface area (Å²) in [6, 6.07) is -0.0768. The highest BCUT2D eigenvalue weighted by Crippen LogP contribution is 2.21. The van der Waals surface area contributed by atoms with Gasteiger partial charge in [-0.3, -0.25) is 9.69 Å². The highest BCUT2D eigenvalue weighted by Gasteiger charge is 2.41. The van der Waals surface area contributed by atoms with Crippen LogP contribution in [0.3, 0.4) is 0 Å². The van der Waals surface area contributed by atoms with Gasteiger partial charge in [-0.05, 0) is 27.7 Å². The van der Waals surface area contributed by atoms with Crippen molar-refractivity contribution in [3.05, 3.63) is 0 Å². The van der Waals surface area contributed by atoms with E-state index in [1.54, 1.807) is 6.92 Å². The second-order valence-electron chi connectivity index (χ2n) is 5.43. The number of methoxy groups -OCH3 is 1. The number of carbonyl (C=O) groups is 2. The summed E-state index contributed by atoms with van der Waals surface area (Å²) in [7, 11) is 1.37. The molecule has 1 N–H and O–H groups in total. The number of nitrogens with zero attached hydrogens (tertiary/aromatic N) is 1. The van der Waals surface area contributed by atoms with E-state index in [0.29, 0.717) is 6.54 Å². The number of hydrogen-bond acceptors (Lipinski definition) is 5. The van der Waals surface area contributed by atoms with Crippen LogP contribution in [0.25, 0.3) is 0 Å². The minimum absolute atomic E-state index is 0.187.